The fourth-order valence-electron chi connectivity index (χ4n) is 2.91. The number of nitrogens with one attached hydrogen (secondary N) is 1. The van der Waals surface area contributed by atoms with Gasteiger partial charge < -0.3 is 15.1 Å². The van der Waals surface area contributed by atoms with E-state index in [1.165, 1.54) is 0 Å². The molecule has 1 fully saturated rings. The molecule has 5 nitrogen and oxygen atoms in total. The zero-order valence-corrected chi connectivity index (χ0v) is 18.4. The number of aromatic nitrogens is 1. The van der Waals surface area contributed by atoms with Gasteiger partial charge in [-0.2, -0.15) is 0 Å². The number of pyridine rings is 1. The smallest absolute Gasteiger partial charge is 0.194 e. The topological polar surface area (TPSA) is 43.8 Å². The number of hydrogen-bond donors (Lipinski definition) is 1. The van der Waals surface area contributed by atoms with E-state index < -0.39 is 0 Å². The first-order valence-electron chi connectivity index (χ1n) is 8.38. The Bertz CT molecular complexity index is 581. The fraction of sp³-hybridized carbons (Fsp3) is 0.667. The lowest BCUT2D eigenvalue weighted by Crippen LogP contribution is -2.72. The first kappa shape index (κ1) is 21.0. The first-order valence-corrected chi connectivity index (χ1v) is 8.38. The van der Waals surface area contributed by atoms with Gasteiger partial charge in [0.1, 0.15) is 5.82 Å². The molecule has 6 heteroatoms. The Morgan fingerprint density at radius 1 is 1.33 bits per heavy atom. The molecule has 136 valence electrons. The molecular formula is C18H32IN5. The molecule has 1 aliphatic rings. The number of anilines is 1. The van der Waals surface area contributed by atoms with Crippen LogP contribution in [-0.2, 0) is 6.54 Å². The Kier molecular flexibility index (Phi) is 6.90. The second-order valence-corrected chi connectivity index (χ2v) is 7.58. The van der Waals surface area contributed by atoms with Crippen molar-refractivity contribution in [2.75, 3.05) is 32.1 Å². The lowest BCUT2D eigenvalue weighted by Gasteiger charge is -2.62. The molecule has 2 heterocycles. The summed E-state index contributed by atoms with van der Waals surface area (Å²) in [6.07, 6.45) is 1.83. The highest BCUT2D eigenvalue weighted by molar-refractivity contribution is 14.0. The lowest BCUT2D eigenvalue weighted by atomic mass is 9.65. The molecule has 1 N–H and O–H groups in total. The predicted molar refractivity (Wildman–Crippen MR) is 113 cm³/mol. The van der Waals surface area contributed by atoms with Gasteiger partial charge in [0.15, 0.2) is 5.96 Å². The van der Waals surface area contributed by atoms with Gasteiger partial charge in [-0.15, -0.1) is 24.0 Å². The van der Waals surface area contributed by atoms with Crippen molar-refractivity contribution in [1.29, 1.82) is 0 Å². The van der Waals surface area contributed by atoms with E-state index in [0.29, 0.717) is 12.0 Å². The maximum atomic E-state index is 4.87. The Hall–Kier alpha value is -1.05. The molecule has 0 bridgehead atoms. The van der Waals surface area contributed by atoms with E-state index in [0.717, 1.165) is 30.4 Å². The van der Waals surface area contributed by atoms with Gasteiger partial charge in [0.2, 0.25) is 0 Å². The van der Waals surface area contributed by atoms with Crippen LogP contribution in [0, 0.1) is 5.41 Å². The standard InChI is InChI=1S/C18H31N5.HI/c1-8-19-16(23-13-17(2,3)18(23,4)5)21-12-14-10-9-11-20-15(14)22(6)7;/h9-11H,8,12-13H2,1-7H3,(H,19,21);1H. The van der Waals surface area contributed by atoms with Gasteiger partial charge in [-0.1, -0.05) is 19.9 Å². The summed E-state index contributed by atoms with van der Waals surface area (Å²) in [6.45, 7) is 13.9. The van der Waals surface area contributed by atoms with Gasteiger partial charge in [-0.3, -0.25) is 0 Å². The molecule has 2 rings (SSSR count). The van der Waals surface area contributed by atoms with E-state index in [4.69, 9.17) is 4.99 Å². The lowest BCUT2D eigenvalue weighted by molar-refractivity contribution is -0.0667. The van der Waals surface area contributed by atoms with Crippen LogP contribution >= 0.6 is 24.0 Å². The highest BCUT2D eigenvalue weighted by atomic mass is 127. The molecule has 1 aromatic rings. The molecule has 24 heavy (non-hydrogen) atoms. The quantitative estimate of drug-likeness (QED) is 0.439. The monoisotopic (exact) mass is 445 g/mol. The van der Waals surface area contributed by atoms with Crippen LogP contribution in [0.5, 0.6) is 0 Å². The average Bonchev–Trinajstić information content (AvgIpc) is 2.49. The van der Waals surface area contributed by atoms with Gasteiger partial charge in [0.05, 0.1) is 6.54 Å². The van der Waals surface area contributed by atoms with E-state index in [1.807, 2.05) is 31.3 Å². The van der Waals surface area contributed by atoms with E-state index in [-0.39, 0.29) is 29.5 Å². The summed E-state index contributed by atoms with van der Waals surface area (Å²) in [7, 11) is 4.03. The van der Waals surface area contributed by atoms with Crippen LogP contribution in [0.15, 0.2) is 23.3 Å². The average molecular weight is 445 g/mol. The SMILES string of the molecule is CCNC(=NCc1cccnc1N(C)C)N1CC(C)(C)C1(C)C.I. The van der Waals surface area contributed by atoms with Crippen LogP contribution in [0.2, 0.25) is 0 Å². The fourth-order valence-corrected chi connectivity index (χ4v) is 2.91. The number of halogens is 1. The number of rotatable bonds is 4. The number of hydrogen-bond acceptors (Lipinski definition) is 3. The van der Waals surface area contributed by atoms with Crippen LogP contribution < -0.4 is 10.2 Å². The molecule has 0 amide bonds. The van der Waals surface area contributed by atoms with E-state index in [1.54, 1.807) is 0 Å². The van der Waals surface area contributed by atoms with Gasteiger partial charge in [-0.25, -0.2) is 9.98 Å². The third-order valence-electron chi connectivity index (χ3n) is 5.17. The van der Waals surface area contributed by atoms with E-state index >= 15 is 0 Å². The molecule has 0 atom stereocenters. The Morgan fingerprint density at radius 3 is 2.50 bits per heavy atom. The number of guanidine groups is 1. The molecular weight excluding hydrogens is 413 g/mol. The van der Waals surface area contributed by atoms with Crippen molar-refractivity contribution < 1.29 is 0 Å². The van der Waals surface area contributed by atoms with Crippen LogP contribution in [0.25, 0.3) is 0 Å². The minimum Gasteiger partial charge on any atom is -0.362 e. The highest BCUT2D eigenvalue weighted by Gasteiger charge is 2.53. The number of aliphatic imine (C=N–C) groups is 1. The Balaban J connectivity index is 0.00000288. The molecule has 1 aromatic heterocycles. The van der Waals surface area contributed by atoms with Gasteiger partial charge in [-0.05, 0) is 26.8 Å². The summed E-state index contributed by atoms with van der Waals surface area (Å²) in [4.78, 5) is 13.7. The highest BCUT2D eigenvalue weighted by Crippen LogP contribution is 2.46. The Morgan fingerprint density at radius 2 is 2.00 bits per heavy atom. The van der Waals surface area contributed by atoms with Crippen molar-refractivity contribution in [2.45, 2.75) is 46.7 Å². The van der Waals surface area contributed by atoms with Crippen LogP contribution in [0.1, 0.15) is 40.2 Å². The molecule has 1 saturated heterocycles. The molecule has 0 spiro atoms. The van der Waals surface area contributed by atoms with Crippen LogP contribution in [-0.4, -0.2) is 48.6 Å². The third-order valence-corrected chi connectivity index (χ3v) is 5.17. The minimum atomic E-state index is 0. The maximum absolute atomic E-state index is 4.87. The van der Waals surface area contributed by atoms with E-state index in [9.17, 15) is 0 Å². The summed E-state index contributed by atoms with van der Waals surface area (Å²) in [5, 5.41) is 3.44. The predicted octanol–water partition coefficient (Wildman–Crippen LogP) is 3.35. The van der Waals surface area contributed by atoms with E-state index in [2.05, 4.69) is 55.9 Å². The molecule has 0 saturated carbocycles. The summed E-state index contributed by atoms with van der Waals surface area (Å²) in [5.74, 6) is 1.97. The minimum absolute atomic E-state index is 0. The molecule has 0 radical (unpaired) electrons. The molecule has 1 aliphatic heterocycles. The zero-order chi connectivity index (χ0) is 17.3. The first-order chi connectivity index (χ1) is 10.7. The maximum Gasteiger partial charge on any atom is 0.194 e. The third kappa shape index (κ3) is 3.95. The van der Waals surface area contributed by atoms with Crippen molar-refractivity contribution in [3.63, 3.8) is 0 Å². The second-order valence-electron chi connectivity index (χ2n) is 7.58. The number of likely N-dealkylation sites (tertiary alicyclic amines) is 1. The molecule has 0 unspecified atom stereocenters. The summed E-state index contributed by atoms with van der Waals surface area (Å²) in [6, 6.07) is 4.07. The molecule has 0 aromatic carbocycles. The van der Waals surface area contributed by atoms with Crippen molar-refractivity contribution in [3.8, 4) is 0 Å². The summed E-state index contributed by atoms with van der Waals surface area (Å²) in [5.41, 5.74) is 1.55. The normalized spacial score (nSPS) is 18.5. The van der Waals surface area contributed by atoms with Crippen molar-refractivity contribution in [1.82, 2.24) is 15.2 Å². The largest absolute Gasteiger partial charge is 0.362 e. The Labute approximate surface area is 163 Å². The van der Waals surface area contributed by atoms with Crippen LogP contribution in [0.4, 0.5) is 5.82 Å². The van der Waals surface area contributed by atoms with Gasteiger partial charge >= 0.3 is 0 Å². The summed E-state index contributed by atoms with van der Waals surface area (Å²) >= 11 is 0. The number of nitrogens with zero attached hydrogens (tertiary/aromatic N) is 4. The summed E-state index contributed by atoms with van der Waals surface area (Å²) < 4.78 is 0. The van der Waals surface area contributed by atoms with Crippen molar-refractivity contribution >= 4 is 35.8 Å². The molecule has 0 aliphatic carbocycles. The van der Waals surface area contributed by atoms with Gasteiger partial charge in [0.25, 0.3) is 0 Å². The van der Waals surface area contributed by atoms with Gasteiger partial charge in [0, 0.05) is 49.9 Å². The zero-order valence-electron chi connectivity index (χ0n) is 16.1. The van der Waals surface area contributed by atoms with Crippen molar-refractivity contribution in [3.05, 3.63) is 23.9 Å². The van der Waals surface area contributed by atoms with Crippen molar-refractivity contribution in [2.24, 2.45) is 10.4 Å². The second kappa shape index (κ2) is 7.89. The van der Waals surface area contributed by atoms with Crippen LogP contribution in [0.3, 0.4) is 0 Å².